The van der Waals surface area contributed by atoms with Gasteiger partial charge in [0.25, 0.3) is 0 Å². The monoisotopic (exact) mass is 309 g/mol. The summed E-state index contributed by atoms with van der Waals surface area (Å²) in [6, 6.07) is 14.1. The third-order valence-electron chi connectivity index (χ3n) is 3.11. The SMILES string of the molecule is CS(=O)(=O)c1ccc(C(N)Cc2ccc(Cl)cc2)cc1. The van der Waals surface area contributed by atoms with Crippen molar-refractivity contribution in [2.24, 2.45) is 5.73 Å². The number of nitrogens with two attached hydrogens (primary N) is 1. The summed E-state index contributed by atoms with van der Waals surface area (Å²) in [6.45, 7) is 0. The largest absolute Gasteiger partial charge is 0.324 e. The Morgan fingerprint density at radius 1 is 1.05 bits per heavy atom. The van der Waals surface area contributed by atoms with Gasteiger partial charge in [0.15, 0.2) is 9.84 Å². The molecular formula is C15H16ClNO2S. The van der Waals surface area contributed by atoms with Crippen molar-refractivity contribution in [2.45, 2.75) is 17.4 Å². The van der Waals surface area contributed by atoms with Crippen LogP contribution < -0.4 is 5.73 Å². The molecular weight excluding hydrogens is 294 g/mol. The molecule has 0 fully saturated rings. The fraction of sp³-hybridized carbons (Fsp3) is 0.200. The predicted molar refractivity (Wildman–Crippen MR) is 81.6 cm³/mol. The zero-order chi connectivity index (χ0) is 14.8. The molecule has 0 amide bonds. The topological polar surface area (TPSA) is 60.2 Å². The van der Waals surface area contributed by atoms with E-state index in [0.29, 0.717) is 16.3 Å². The smallest absolute Gasteiger partial charge is 0.175 e. The van der Waals surface area contributed by atoms with E-state index in [1.807, 2.05) is 24.3 Å². The van der Waals surface area contributed by atoms with Crippen LogP contribution in [0.4, 0.5) is 0 Å². The zero-order valence-electron chi connectivity index (χ0n) is 11.1. The van der Waals surface area contributed by atoms with Crippen molar-refractivity contribution in [2.75, 3.05) is 6.26 Å². The van der Waals surface area contributed by atoms with E-state index < -0.39 is 9.84 Å². The third-order valence-corrected chi connectivity index (χ3v) is 4.49. The van der Waals surface area contributed by atoms with E-state index in [4.69, 9.17) is 17.3 Å². The number of hydrogen-bond acceptors (Lipinski definition) is 3. The minimum Gasteiger partial charge on any atom is -0.324 e. The molecule has 2 aromatic rings. The summed E-state index contributed by atoms with van der Waals surface area (Å²) in [6.07, 6.45) is 1.87. The molecule has 0 aliphatic heterocycles. The molecule has 1 atom stereocenters. The molecule has 0 aromatic heterocycles. The summed E-state index contributed by atoms with van der Waals surface area (Å²) in [4.78, 5) is 0.306. The highest BCUT2D eigenvalue weighted by Gasteiger charge is 2.10. The summed E-state index contributed by atoms with van der Waals surface area (Å²) in [5, 5.41) is 0.694. The third kappa shape index (κ3) is 3.82. The first-order chi connectivity index (χ1) is 9.36. The molecule has 2 aromatic carbocycles. The van der Waals surface area contributed by atoms with Gasteiger partial charge in [-0.05, 0) is 41.8 Å². The Hall–Kier alpha value is -1.36. The van der Waals surface area contributed by atoms with Gasteiger partial charge in [-0.2, -0.15) is 0 Å². The Labute approximate surface area is 124 Å². The highest BCUT2D eigenvalue weighted by Crippen LogP contribution is 2.19. The van der Waals surface area contributed by atoms with E-state index in [1.54, 1.807) is 24.3 Å². The molecule has 3 nitrogen and oxygen atoms in total. The van der Waals surface area contributed by atoms with Gasteiger partial charge < -0.3 is 5.73 Å². The van der Waals surface area contributed by atoms with Crippen LogP contribution in [-0.4, -0.2) is 14.7 Å². The Morgan fingerprint density at radius 3 is 2.10 bits per heavy atom. The minimum atomic E-state index is -3.16. The van der Waals surface area contributed by atoms with E-state index in [2.05, 4.69) is 0 Å². The number of rotatable bonds is 4. The van der Waals surface area contributed by atoms with Gasteiger partial charge in [-0.25, -0.2) is 8.42 Å². The number of sulfone groups is 1. The maximum atomic E-state index is 11.4. The van der Waals surface area contributed by atoms with Crippen LogP contribution in [-0.2, 0) is 16.3 Å². The van der Waals surface area contributed by atoms with Gasteiger partial charge in [-0.1, -0.05) is 35.9 Å². The van der Waals surface area contributed by atoms with Crippen molar-refractivity contribution >= 4 is 21.4 Å². The molecule has 0 saturated carbocycles. The molecule has 106 valence electrons. The van der Waals surface area contributed by atoms with Crippen molar-refractivity contribution in [1.29, 1.82) is 0 Å². The lowest BCUT2D eigenvalue weighted by Gasteiger charge is -2.12. The fourth-order valence-corrected chi connectivity index (χ4v) is 2.71. The summed E-state index contributed by atoms with van der Waals surface area (Å²) in [7, 11) is -3.16. The second-order valence-electron chi connectivity index (χ2n) is 4.78. The molecule has 0 heterocycles. The normalized spacial score (nSPS) is 13.2. The van der Waals surface area contributed by atoms with Crippen LogP contribution in [0.15, 0.2) is 53.4 Å². The summed E-state index contributed by atoms with van der Waals surface area (Å²) >= 11 is 5.84. The van der Waals surface area contributed by atoms with E-state index in [-0.39, 0.29) is 6.04 Å². The molecule has 0 saturated heterocycles. The molecule has 0 bridgehead atoms. The van der Waals surface area contributed by atoms with Crippen LogP contribution in [0.2, 0.25) is 5.02 Å². The Morgan fingerprint density at radius 2 is 1.60 bits per heavy atom. The molecule has 2 N–H and O–H groups in total. The molecule has 1 unspecified atom stereocenters. The van der Waals surface area contributed by atoms with E-state index in [0.717, 1.165) is 11.1 Å². The molecule has 0 spiro atoms. The van der Waals surface area contributed by atoms with Crippen LogP contribution in [0.25, 0.3) is 0 Å². The van der Waals surface area contributed by atoms with E-state index in [1.165, 1.54) is 6.26 Å². The van der Waals surface area contributed by atoms with Crippen molar-refractivity contribution in [1.82, 2.24) is 0 Å². The van der Waals surface area contributed by atoms with Crippen LogP contribution in [0.3, 0.4) is 0 Å². The van der Waals surface area contributed by atoms with Crippen molar-refractivity contribution < 1.29 is 8.42 Å². The Bertz CT molecular complexity index is 679. The highest BCUT2D eigenvalue weighted by molar-refractivity contribution is 7.90. The molecule has 0 aliphatic rings. The lowest BCUT2D eigenvalue weighted by Crippen LogP contribution is -2.13. The Balaban J connectivity index is 2.13. The lowest BCUT2D eigenvalue weighted by molar-refractivity contribution is 0.601. The van der Waals surface area contributed by atoms with E-state index in [9.17, 15) is 8.42 Å². The fourth-order valence-electron chi connectivity index (χ4n) is 1.95. The van der Waals surface area contributed by atoms with Gasteiger partial charge in [0.2, 0.25) is 0 Å². The number of hydrogen-bond donors (Lipinski definition) is 1. The summed E-state index contributed by atoms with van der Waals surface area (Å²) in [5.41, 5.74) is 8.14. The van der Waals surface area contributed by atoms with Gasteiger partial charge in [0, 0.05) is 17.3 Å². The maximum absolute atomic E-state index is 11.4. The first kappa shape index (κ1) is 15.0. The van der Waals surface area contributed by atoms with Gasteiger partial charge in [-0.3, -0.25) is 0 Å². The van der Waals surface area contributed by atoms with Crippen LogP contribution in [0.5, 0.6) is 0 Å². The molecule has 0 aliphatic carbocycles. The first-order valence-electron chi connectivity index (χ1n) is 6.16. The second kappa shape index (κ2) is 5.95. The standard InChI is InChI=1S/C15H16ClNO2S/c1-20(18,19)14-8-4-12(5-9-14)15(17)10-11-2-6-13(16)7-3-11/h2-9,15H,10,17H2,1H3. The number of halogens is 1. The minimum absolute atomic E-state index is 0.176. The van der Waals surface area contributed by atoms with Crippen molar-refractivity contribution in [3.8, 4) is 0 Å². The maximum Gasteiger partial charge on any atom is 0.175 e. The quantitative estimate of drug-likeness (QED) is 0.944. The second-order valence-corrected chi connectivity index (χ2v) is 7.23. The zero-order valence-corrected chi connectivity index (χ0v) is 12.7. The van der Waals surface area contributed by atoms with Gasteiger partial charge >= 0.3 is 0 Å². The molecule has 2 rings (SSSR count). The Kier molecular flexibility index (Phi) is 4.48. The summed E-state index contributed by atoms with van der Waals surface area (Å²) < 4.78 is 22.8. The van der Waals surface area contributed by atoms with E-state index >= 15 is 0 Å². The first-order valence-corrected chi connectivity index (χ1v) is 8.43. The summed E-state index contributed by atoms with van der Waals surface area (Å²) in [5.74, 6) is 0. The molecule has 0 radical (unpaired) electrons. The number of benzene rings is 2. The van der Waals surface area contributed by atoms with Crippen molar-refractivity contribution in [3.05, 3.63) is 64.7 Å². The van der Waals surface area contributed by atoms with Gasteiger partial charge in [-0.15, -0.1) is 0 Å². The van der Waals surface area contributed by atoms with Crippen LogP contribution in [0, 0.1) is 0 Å². The van der Waals surface area contributed by atoms with Crippen LogP contribution >= 0.6 is 11.6 Å². The van der Waals surface area contributed by atoms with Crippen LogP contribution in [0.1, 0.15) is 17.2 Å². The predicted octanol–water partition coefficient (Wildman–Crippen LogP) is 2.99. The molecule has 20 heavy (non-hydrogen) atoms. The van der Waals surface area contributed by atoms with Gasteiger partial charge in [0.05, 0.1) is 4.90 Å². The van der Waals surface area contributed by atoms with Gasteiger partial charge in [0.1, 0.15) is 0 Å². The average molecular weight is 310 g/mol. The molecule has 5 heteroatoms. The average Bonchev–Trinajstić information content (AvgIpc) is 2.40. The van der Waals surface area contributed by atoms with Crippen molar-refractivity contribution in [3.63, 3.8) is 0 Å². The lowest BCUT2D eigenvalue weighted by atomic mass is 10.00. The highest BCUT2D eigenvalue weighted by atomic mass is 35.5.